The Morgan fingerprint density at radius 1 is 0.958 bits per heavy atom. The van der Waals surface area contributed by atoms with Gasteiger partial charge in [0.2, 0.25) is 5.95 Å². The van der Waals surface area contributed by atoms with Gasteiger partial charge in [-0.15, -0.1) is 0 Å². The van der Waals surface area contributed by atoms with Gasteiger partial charge in [-0.25, -0.2) is 14.4 Å². The lowest BCUT2D eigenvalue weighted by Crippen LogP contribution is -2.21. The third-order valence-corrected chi connectivity index (χ3v) is 4.96. The molecule has 0 unspecified atom stereocenters. The maximum absolute atomic E-state index is 13.9. The molecule has 4 nitrogen and oxygen atoms in total. The summed E-state index contributed by atoms with van der Waals surface area (Å²) in [5, 5.41) is 0. The van der Waals surface area contributed by atoms with Crippen LogP contribution in [0, 0.1) is 5.82 Å². The summed E-state index contributed by atoms with van der Waals surface area (Å²) in [4.78, 5) is 15.7. The molecule has 5 heteroatoms. The average molecular weight is 318 g/mol. The number of anilines is 2. The van der Waals surface area contributed by atoms with Crippen LogP contribution in [0.15, 0.2) is 55.0 Å². The Labute approximate surface area is 139 Å². The molecule has 1 aliphatic heterocycles. The molecule has 3 heterocycles. The van der Waals surface area contributed by atoms with Crippen LogP contribution in [0.25, 0.3) is 11.1 Å². The molecule has 0 atom stereocenters. The highest BCUT2D eigenvalue weighted by molar-refractivity contribution is 5.70. The zero-order valence-corrected chi connectivity index (χ0v) is 13.0. The number of hydrogen-bond acceptors (Lipinski definition) is 4. The monoisotopic (exact) mass is 318 g/mol. The van der Waals surface area contributed by atoms with E-state index in [0.717, 1.165) is 17.9 Å². The molecule has 0 bridgehead atoms. The van der Waals surface area contributed by atoms with Crippen LogP contribution in [-0.2, 0) is 5.41 Å². The summed E-state index contributed by atoms with van der Waals surface area (Å²) in [5.41, 5.74) is 3.64. The van der Waals surface area contributed by atoms with E-state index in [-0.39, 0.29) is 11.2 Å². The predicted octanol–water partition coefficient (Wildman–Crippen LogP) is 3.86. The summed E-state index contributed by atoms with van der Waals surface area (Å²) >= 11 is 0. The van der Waals surface area contributed by atoms with Crippen LogP contribution in [0.3, 0.4) is 0 Å². The molecular weight excluding hydrogens is 303 g/mol. The molecule has 1 saturated carbocycles. The van der Waals surface area contributed by atoms with Crippen molar-refractivity contribution < 1.29 is 4.39 Å². The van der Waals surface area contributed by atoms with Crippen LogP contribution >= 0.6 is 0 Å². The van der Waals surface area contributed by atoms with Gasteiger partial charge < -0.3 is 4.90 Å². The SMILES string of the molecule is Fc1ccccc1-c1cnc(N2CC3(CC3)c3ncccc32)nc1. The lowest BCUT2D eigenvalue weighted by Gasteiger charge is -2.17. The van der Waals surface area contributed by atoms with E-state index in [0.29, 0.717) is 17.1 Å². The highest BCUT2D eigenvalue weighted by atomic mass is 19.1. The first-order valence-electron chi connectivity index (χ1n) is 8.07. The molecule has 5 rings (SSSR count). The van der Waals surface area contributed by atoms with Crippen LogP contribution < -0.4 is 4.90 Å². The summed E-state index contributed by atoms with van der Waals surface area (Å²) < 4.78 is 13.9. The first-order valence-corrected chi connectivity index (χ1v) is 8.07. The first-order chi connectivity index (χ1) is 11.8. The van der Waals surface area contributed by atoms with E-state index in [1.54, 1.807) is 24.5 Å². The Kier molecular flexibility index (Phi) is 2.74. The van der Waals surface area contributed by atoms with Crippen molar-refractivity contribution in [1.82, 2.24) is 15.0 Å². The fourth-order valence-corrected chi connectivity index (χ4v) is 3.51. The second-order valence-electron chi connectivity index (χ2n) is 6.49. The van der Waals surface area contributed by atoms with Gasteiger partial charge >= 0.3 is 0 Å². The standard InChI is InChI=1S/C19H15FN4/c20-15-5-2-1-4-14(15)13-10-22-18(23-11-13)24-12-19(7-8-19)17-16(24)6-3-9-21-17/h1-6,9-11H,7-8,12H2. The van der Waals surface area contributed by atoms with E-state index >= 15 is 0 Å². The Balaban J connectivity index is 1.52. The van der Waals surface area contributed by atoms with E-state index in [2.05, 4.69) is 25.9 Å². The quantitative estimate of drug-likeness (QED) is 0.719. The molecule has 0 amide bonds. The van der Waals surface area contributed by atoms with E-state index in [4.69, 9.17) is 0 Å². The number of aromatic nitrogens is 3. The molecular formula is C19H15FN4. The number of pyridine rings is 1. The number of nitrogens with zero attached hydrogens (tertiary/aromatic N) is 4. The minimum atomic E-state index is -0.262. The lowest BCUT2D eigenvalue weighted by molar-refractivity contribution is 0.631. The zero-order chi connectivity index (χ0) is 16.1. The summed E-state index contributed by atoms with van der Waals surface area (Å²) in [6.07, 6.45) is 7.57. The highest BCUT2D eigenvalue weighted by Gasteiger charge is 2.53. The largest absolute Gasteiger partial charge is 0.308 e. The molecule has 1 aliphatic carbocycles. The Morgan fingerprint density at radius 3 is 2.50 bits per heavy atom. The minimum absolute atomic E-state index is 0.185. The second-order valence-corrected chi connectivity index (χ2v) is 6.49. The van der Waals surface area contributed by atoms with Gasteiger partial charge in [0.25, 0.3) is 0 Å². The van der Waals surface area contributed by atoms with Crippen molar-refractivity contribution in [3.05, 3.63) is 66.5 Å². The van der Waals surface area contributed by atoms with Gasteiger partial charge in [0.1, 0.15) is 5.82 Å². The number of halogens is 1. The predicted molar refractivity (Wildman–Crippen MR) is 89.6 cm³/mol. The number of rotatable bonds is 2. The number of hydrogen-bond donors (Lipinski definition) is 0. The fraction of sp³-hybridized carbons (Fsp3) is 0.211. The van der Waals surface area contributed by atoms with Gasteiger partial charge in [-0.05, 0) is 31.0 Å². The normalized spacial score (nSPS) is 17.1. The Bertz CT molecular complexity index is 919. The van der Waals surface area contributed by atoms with E-state index < -0.39 is 0 Å². The van der Waals surface area contributed by atoms with E-state index in [1.165, 1.54) is 18.9 Å². The number of fused-ring (bicyclic) bond motifs is 2. The van der Waals surface area contributed by atoms with Gasteiger partial charge in [-0.3, -0.25) is 4.98 Å². The van der Waals surface area contributed by atoms with Crippen LogP contribution in [0.4, 0.5) is 16.0 Å². The number of benzene rings is 1. The first kappa shape index (κ1) is 13.6. The fourth-order valence-electron chi connectivity index (χ4n) is 3.51. The van der Waals surface area contributed by atoms with Crippen LogP contribution in [0.1, 0.15) is 18.5 Å². The summed E-state index contributed by atoms with van der Waals surface area (Å²) in [7, 11) is 0. The van der Waals surface area contributed by atoms with Crippen LogP contribution in [0.2, 0.25) is 0 Å². The smallest absolute Gasteiger partial charge is 0.229 e. The molecule has 1 spiro atoms. The Morgan fingerprint density at radius 2 is 1.75 bits per heavy atom. The van der Waals surface area contributed by atoms with Crippen LogP contribution in [0.5, 0.6) is 0 Å². The molecule has 1 fully saturated rings. The average Bonchev–Trinajstić information content (AvgIpc) is 3.33. The van der Waals surface area contributed by atoms with Gasteiger partial charge in [0.05, 0.1) is 11.4 Å². The van der Waals surface area contributed by atoms with Crippen molar-refractivity contribution in [2.24, 2.45) is 0 Å². The molecule has 2 aliphatic rings. The molecule has 118 valence electrons. The topological polar surface area (TPSA) is 41.9 Å². The van der Waals surface area contributed by atoms with Gasteiger partial charge in [0, 0.05) is 41.7 Å². The van der Waals surface area contributed by atoms with E-state index in [1.807, 2.05) is 18.3 Å². The lowest BCUT2D eigenvalue weighted by atomic mass is 10.1. The van der Waals surface area contributed by atoms with Gasteiger partial charge in [-0.2, -0.15) is 0 Å². The molecule has 0 saturated heterocycles. The van der Waals surface area contributed by atoms with E-state index in [9.17, 15) is 4.39 Å². The third-order valence-electron chi connectivity index (χ3n) is 4.96. The summed E-state index contributed by atoms with van der Waals surface area (Å²) in [5.74, 6) is 0.384. The zero-order valence-electron chi connectivity index (χ0n) is 13.0. The van der Waals surface area contributed by atoms with Crippen molar-refractivity contribution in [2.45, 2.75) is 18.3 Å². The molecule has 24 heavy (non-hydrogen) atoms. The minimum Gasteiger partial charge on any atom is -0.308 e. The molecule has 3 aromatic rings. The maximum atomic E-state index is 13.9. The van der Waals surface area contributed by atoms with Crippen molar-refractivity contribution in [2.75, 3.05) is 11.4 Å². The van der Waals surface area contributed by atoms with Gasteiger partial charge in [-0.1, -0.05) is 18.2 Å². The van der Waals surface area contributed by atoms with Crippen molar-refractivity contribution >= 4 is 11.6 Å². The van der Waals surface area contributed by atoms with Crippen molar-refractivity contribution in [3.8, 4) is 11.1 Å². The molecule has 2 aromatic heterocycles. The molecule has 0 radical (unpaired) electrons. The summed E-state index contributed by atoms with van der Waals surface area (Å²) in [6.45, 7) is 0.873. The summed E-state index contributed by atoms with van der Waals surface area (Å²) in [6, 6.07) is 10.7. The third kappa shape index (κ3) is 1.94. The van der Waals surface area contributed by atoms with Crippen molar-refractivity contribution in [3.63, 3.8) is 0 Å². The maximum Gasteiger partial charge on any atom is 0.229 e. The van der Waals surface area contributed by atoms with Gasteiger partial charge in [0.15, 0.2) is 0 Å². The highest BCUT2D eigenvalue weighted by Crippen LogP contribution is 2.56. The Hall–Kier alpha value is -2.82. The van der Waals surface area contributed by atoms with Crippen molar-refractivity contribution in [1.29, 1.82) is 0 Å². The molecule has 1 aromatic carbocycles. The molecule has 0 N–H and O–H groups in total. The van der Waals surface area contributed by atoms with Crippen LogP contribution in [-0.4, -0.2) is 21.5 Å². The second kappa shape index (κ2) is 4.84.